The topological polar surface area (TPSA) is 76.7 Å². The highest BCUT2D eigenvalue weighted by Crippen LogP contribution is 2.35. The van der Waals surface area contributed by atoms with E-state index in [1.165, 1.54) is 0 Å². The number of nitrogens with zero attached hydrogens (tertiary/aromatic N) is 1. The molecule has 136 valence electrons. The van der Waals surface area contributed by atoms with Crippen molar-refractivity contribution in [1.29, 1.82) is 0 Å². The zero-order valence-corrected chi connectivity index (χ0v) is 15.3. The first-order chi connectivity index (χ1) is 12.6. The van der Waals surface area contributed by atoms with E-state index < -0.39 is 0 Å². The van der Waals surface area contributed by atoms with Crippen LogP contribution in [0.3, 0.4) is 0 Å². The number of anilines is 1. The molecule has 0 spiro atoms. The number of amidine groups is 1. The number of nitrogens with one attached hydrogen (secondary N) is 1. The second-order valence-corrected chi connectivity index (χ2v) is 6.61. The number of ether oxygens (including phenoxy) is 1. The van der Waals surface area contributed by atoms with Gasteiger partial charge in [0, 0.05) is 17.8 Å². The van der Waals surface area contributed by atoms with Gasteiger partial charge in [0.2, 0.25) is 0 Å². The fraction of sp³-hybridized carbons (Fsp3) is 0.333. The number of hydrogen-bond acceptors (Lipinski definition) is 4. The first-order valence-electron chi connectivity index (χ1n) is 9.05. The molecule has 0 amide bonds. The highest BCUT2D eigenvalue weighted by atomic mass is 16.5. The lowest BCUT2D eigenvalue weighted by Gasteiger charge is -2.11. The first-order valence-corrected chi connectivity index (χ1v) is 9.05. The molecule has 0 saturated heterocycles. The van der Waals surface area contributed by atoms with Crippen molar-refractivity contribution in [3.8, 4) is 0 Å². The van der Waals surface area contributed by atoms with Crippen molar-refractivity contribution in [3.63, 3.8) is 0 Å². The predicted molar refractivity (Wildman–Crippen MR) is 105 cm³/mol. The van der Waals surface area contributed by atoms with E-state index in [2.05, 4.69) is 17.2 Å². The molecule has 0 aliphatic carbocycles. The van der Waals surface area contributed by atoms with Crippen LogP contribution < -0.4 is 11.1 Å². The molecule has 1 aliphatic rings. The van der Waals surface area contributed by atoms with Crippen LogP contribution in [0.5, 0.6) is 0 Å². The Morgan fingerprint density at radius 3 is 2.88 bits per heavy atom. The van der Waals surface area contributed by atoms with Gasteiger partial charge in [-0.1, -0.05) is 31.5 Å². The lowest BCUT2D eigenvalue weighted by molar-refractivity contribution is 0.0364. The summed E-state index contributed by atoms with van der Waals surface area (Å²) in [6.45, 7) is 4.54. The molecule has 0 radical (unpaired) electrons. The Balaban J connectivity index is 1.69. The Labute approximate surface area is 154 Å². The van der Waals surface area contributed by atoms with Crippen molar-refractivity contribution in [2.75, 3.05) is 5.32 Å². The fourth-order valence-corrected chi connectivity index (χ4v) is 3.13. The minimum absolute atomic E-state index is 0.0967. The maximum Gasteiger partial charge on any atom is 0.339 e. The number of hydrogen-bond donors (Lipinski definition) is 2. The lowest BCUT2D eigenvalue weighted by atomic mass is 10.0. The zero-order chi connectivity index (χ0) is 18.5. The average Bonchev–Trinajstić information content (AvgIpc) is 2.93. The summed E-state index contributed by atoms with van der Waals surface area (Å²) in [5.74, 6) is 0.310. The summed E-state index contributed by atoms with van der Waals surface area (Å²) in [5, 5.41) is 3.36. The Morgan fingerprint density at radius 1 is 1.27 bits per heavy atom. The van der Waals surface area contributed by atoms with Crippen LogP contribution in [0.1, 0.15) is 60.7 Å². The molecule has 2 aromatic rings. The molecular formula is C21H25N3O2. The molecule has 3 rings (SSSR count). The van der Waals surface area contributed by atoms with Crippen molar-refractivity contribution < 1.29 is 9.53 Å². The van der Waals surface area contributed by atoms with E-state index in [1.54, 1.807) is 6.92 Å². The smallest absolute Gasteiger partial charge is 0.339 e. The molecular weight excluding hydrogens is 326 g/mol. The number of carbonyl (C=O) groups is 1. The second kappa shape index (κ2) is 8.04. The van der Waals surface area contributed by atoms with E-state index in [0.717, 1.165) is 41.8 Å². The van der Waals surface area contributed by atoms with Crippen molar-refractivity contribution in [1.82, 2.24) is 0 Å². The van der Waals surface area contributed by atoms with Crippen molar-refractivity contribution in [3.05, 3.63) is 59.2 Å². The third-order valence-electron chi connectivity index (χ3n) is 4.40. The van der Waals surface area contributed by atoms with Gasteiger partial charge in [-0.25, -0.2) is 9.79 Å². The molecule has 1 unspecified atom stereocenters. The fourth-order valence-electron chi connectivity index (χ4n) is 3.13. The number of esters is 1. The van der Waals surface area contributed by atoms with E-state index in [-0.39, 0.29) is 12.1 Å². The summed E-state index contributed by atoms with van der Waals surface area (Å²) in [7, 11) is 0. The number of benzene rings is 2. The van der Waals surface area contributed by atoms with Crippen molar-refractivity contribution >= 4 is 23.2 Å². The van der Waals surface area contributed by atoms with Gasteiger partial charge in [-0.15, -0.1) is 0 Å². The standard InChI is InChI=1S/C21H25N3O2/c1-3-4-8-20-18-10-9-16(12-19(18)21(25)26-20)23-13-15-6-5-7-17(11-15)24-14(2)22/h5-7,9-12,20,23H,3-4,8,13H2,1-2H3,(H2,22,24). The maximum atomic E-state index is 12.1. The molecule has 0 saturated carbocycles. The molecule has 3 N–H and O–H groups in total. The van der Waals surface area contributed by atoms with E-state index in [0.29, 0.717) is 17.9 Å². The molecule has 2 aromatic carbocycles. The van der Waals surface area contributed by atoms with Crippen molar-refractivity contribution in [2.45, 2.75) is 45.8 Å². The minimum atomic E-state index is -0.223. The Kier molecular flexibility index (Phi) is 5.56. The number of unbranched alkanes of at least 4 members (excludes halogenated alkanes) is 1. The quantitative estimate of drug-likeness (QED) is 0.430. The SMILES string of the molecule is CCCCC1OC(=O)c2cc(NCc3cccc(N=C(C)N)c3)ccc21. The molecule has 5 nitrogen and oxygen atoms in total. The highest BCUT2D eigenvalue weighted by molar-refractivity contribution is 5.95. The van der Waals surface area contributed by atoms with Gasteiger partial charge >= 0.3 is 5.97 Å². The molecule has 1 heterocycles. The van der Waals surface area contributed by atoms with Crippen molar-refractivity contribution in [2.24, 2.45) is 10.7 Å². The van der Waals surface area contributed by atoms with Gasteiger partial charge < -0.3 is 15.8 Å². The van der Waals surface area contributed by atoms with Gasteiger partial charge in [-0.05, 0) is 49.6 Å². The summed E-state index contributed by atoms with van der Waals surface area (Å²) >= 11 is 0. The summed E-state index contributed by atoms with van der Waals surface area (Å²) < 4.78 is 5.51. The van der Waals surface area contributed by atoms with Gasteiger partial charge in [-0.3, -0.25) is 0 Å². The Morgan fingerprint density at radius 2 is 2.12 bits per heavy atom. The summed E-state index contributed by atoms with van der Waals surface area (Å²) in [6.07, 6.45) is 2.94. The predicted octanol–water partition coefficient (Wildman–Crippen LogP) is 4.71. The molecule has 1 atom stereocenters. The third-order valence-corrected chi connectivity index (χ3v) is 4.40. The highest BCUT2D eigenvalue weighted by Gasteiger charge is 2.30. The van der Waals surface area contributed by atoms with Crippen LogP contribution >= 0.6 is 0 Å². The number of fused-ring (bicyclic) bond motifs is 1. The number of nitrogens with two attached hydrogens (primary N) is 1. The minimum Gasteiger partial charge on any atom is -0.454 e. The molecule has 1 aliphatic heterocycles. The van der Waals surface area contributed by atoms with Crippen LogP contribution in [-0.2, 0) is 11.3 Å². The normalized spacial score (nSPS) is 16.3. The van der Waals surface area contributed by atoms with Crippen LogP contribution in [-0.4, -0.2) is 11.8 Å². The molecule has 0 fully saturated rings. The molecule has 0 bridgehead atoms. The number of cyclic esters (lactones) is 1. The van der Waals surface area contributed by atoms with Crippen LogP contribution in [0.2, 0.25) is 0 Å². The van der Waals surface area contributed by atoms with E-state index in [4.69, 9.17) is 10.5 Å². The monoisotopic (exact) mass is 351 g/mol. The first kappa shape index (κ1) is 18.0. The molecule has 0 aromatic heterocycles. The Hall–Kier alpha value is -2.82. The molecule has 26 heavy (non-hydrogen) atoms. The number of rotatable bonds is 7. The van der Waals surface area contributed by atoms with E-state index in [9.17, 15) is 4.79 Å². The maximum absolute atomic E-state index is 12.1. The summed E-state index contributed by atoms with van der Waals surface area (Å²) in [5.41, 5.74) is 10.1. The number of carbonyl (C=O) groups excluding carboxylic acids is 1. The zero-order valence-electron chi connectivity index (χ0n) is 15.3. The second-order valence-electron chi connectivity index (χ2n) is 6.61. The van der Waals surface area contributed by atoms with Crippen LogP contribution in [0, 0.1) is 0 Å². The van der Waals surface area contributed by atoms with Gasteiger partial charge in [0.05, 0.1) is 17.1 Å². The van der Waals surface area contributed by atoms with Gasteiger partial charge in [-0.2, -0.15) is 0 Å². The van der Waals surface area contributed by atoms with Gasteiger partial charge in [0.15, 0.2) is 0 Å². The summed E-state index contributed by atoms with van der Waals surface area (Å²) in [4.78, 5) is 16.4. The van der Waals surface area contributed by atoms with Crippen LogP contribution in [0.4, 0.5) is 11.4 Å². The lowest BCUT2D eigenvalue weighted by Crippen LogP contribution is -2.04. The Bertz CT molecular complexity index is 826. The largest absolute Gasteiger partial charge is 0.454 e. The van der Waals surface area contributed by atoms with Crippen LogP contribution in [0.15, 0.2) is 47.5 Å². The van der Waals surface area contributed by atoms with Gasteiger partial charge in [0.1, 0.15) is 6.10 Å². The average molecular weight is 351 g/mol. The summed E-state index contributed by atoms with van der Waals surface area (Å²) in [6, 6.07) is 13.8. The number of aliphatic imine (C=N–C) groups is 1. The van der Waals surface area contributed by atoms with Crippen LogP contribution in [0.25, 0.3) is 0 Å². The van der Waals surface area contributed by atoms with Gasteiger partial charge in [0.25, 0.3) is 0 Å². The molecule has 5 heteroatoms. The third kappa shape index (κ3) is 4.23. The van der Waals surface area contributed by atoms with E-state index in [1.807, 2.05) is 42.5 Å². The van der Waals surface area contributed by atoms with E-state index >= 15 is 0 Å².